The van der Waals surface area contributed by atoms with Crippen LogP contribution in [0, 0.1) is 0 Å². The molecular weight excluding hydrogens is 294 g/mol. The van der Waals surface area contributed by atoms with Crippen molar-refractivity contribution in [1.82, 2.24) is 15.5 Å². The molecular formula is C14H16ClN3OS. The van der Waals surface area contributed by atoms with E-state index in [2.05, 4.69) is 15.5 Å². The first-order valence-electron chi connectivity index (χ1n) is 6.78. The number of carbonyl (C=O) groups is 1. The van der Waals surface area contributed by atoms with Gasteiger partial charge in [0.2, 0.25) is 5.91 Å². The second-order valence-corrected chi connectivity index (χ2v) is 6.80. The fourth-order valence-corrected chi connectivity index (χ4v) is 3.74. The van der Waals surface area contributed by atoms with Gasteiger partial charge in [-0.2, -0.15) is 5.10 Å². The Morgan fingerprint density at radius 3 is 3.25 bits per heavy atom. The van der Waals surface area contributed by atoms with Crippen molar-refractivity contribution in [2.45, 2.75) is 31.6 Å². The number of fused-ring (bicyclic) bond motifs is 1. The first-order chi connectivity index (χ1) is 9.74. The number of hydrogen-bond acceptors (Lipinski definition) is 3. The van der Waals surface area contributed by atoms with Crippen LogP contribution in [0.15, 0.2) is 18.3 Å². The monoisotopic (exact) mass is 309 g/mol. The summed E-state index contributed by atoms with van der Waals surface area (Å²) in [4.78, 5) is 13.5. The Labute approximate surface area is 126 Å². The van der Waals surface area contributed by atoms with Crippen LogP contribution in [-0.2, 0) is 17.6 Å². The van der Waals surface area contributed by atoms with Crippen LogP contribution in [0.4, 0.5) is 0 Å². The van der Waals surface area contributed by atoms with E-state index in [-0.39, 0.29) is 11.8 Å². The van der Waals surface area contributed by atoms with E-state index in [1.165, 1.54) is 4.88 Å². The summed E-state index contributed by atoms with van der Waals surface area (Å²) in [6.07, 6.45) is 5.55. The number of aromatic nitrogens is 2. The van der Waals surface area contributed by atoms with Gasteiger partial charge in [0.15, 0.2) is 0 Å². The van der Waals surface area contributed by atoms with E-state index >= 15 is 0 Å². The summed E-state index contributed by atoms with van der Waals surface area (Å²) in [6.45, 7) is 0.652. The van der Waals surface area contributed by atoms with Crippen LogP contribution in [-0.4, -0.2) is 22.6 Å². The molecule has 106 valence electrons. The smallest absolute Gasteiger partial charge is 0.227 e. The molecule has 1 unspecified atom stereocenters. The number of carbonyl (C=O) groups excluding carboxylic acids is 1. The Kier molecular flexibility index (Phi) is 4.08. The lowest BCUT2D eigenvalue weighted by molar-refractivity contribution is -0.122. The molecule has 20 heavy (non-hydrogen) atoms. The van der Waals surface area contributed by atoms with Crippen molar-refractivity contribution in [2.75, 3.05) is 6.54 Å². The molecule has 1 atom stereocenters. The summed E-state index contributed by atoms with van der Waals surface area (Å²) < 4.78 is 0.793. The van der Waals surface area contributed by atoms with Gasteiger partial charge >= 0.3 is 0 Å². The minimum atomic E-state index is -0.0515. The number of nitrogens with zero attached hydrogens (tertiary/aromatic N) is 1. The Bertz CT molecular complexity index is 607. The first kappa shape index (κ1) is 13.6. The maximum atomic E-state index is 12.3. The summed E-state index contributed by atoms with van der Waals surface area (Å²) in [6, 6.07) is 3.90. The molecule has 0 aromatic carbocycles. The Morgan fingerprint density at radius 2 is 2.45 bits per heavy atom. The van der Waals surface area contributed by atoms with Crippen LogP contribution < -0.4 is 5.32 Å². The molecule has 2 N–H and O–H groups in total. The Balaban J connectivity index is 1.55. The van der Waals surface area contributed by atoms with E-state index in [0.717, 1.165) is 41.3 Å². The summed E-state index contributed by atoms with van der Waals surface area (Å²) in [5.74, 6) is 0.0550. The third-order valence-corrected chi connectivity index (χ3v) is 4.95. The van der Waals surface area contributed by atoms with Gasteiger partial charge in [-0.15, -0.1) is 11.3 Å². The van der Waals surface area contributed by atoms with E-state index < -0.39 is 0 Å². The summed E-state index contributed by atoms with van der Waals surface area (Å²) in [5, 5.41) is 10.1. The highest BCUT2D eigenvalue weighted by atomic mass is 35.5. The van der Waals surface area contributed by atoms with E-state index in [4.69, 9.17) is 11.6 Å². The van der Waals surface area contributed by atoms with Crippen molar-refractivity contribution >= 4 is 28.8 Å². The molecule has 1 amide bonds. The zero-order chi connectivity index (χ0) is 13.9. The van der Waals surface area contributed by atoms with Crippen LogP contribution in [0.1, 0.15) is 34.9 Å². The molecule has 2 heterocycles. The third-order valence-electron chi connectivity index (χ3n) is 3.66. The number of halogens is 1. The Hall–Kier alpha value is -1.33. The van der Waals surface area contributed by atoms with E-state index in [0.29, 0.717) is 6.54 Å². The van der Waals surface area contributed by atoms with Gasteiger partial charge in [0.25, 0.3) is 0 Å². The van der Waals surface area contributed by atoms with Gasteiger partial charge in [-0.05, 0) is 37.8 Å². The molecule has 3 rings (SSSR count). The first-order valence-corrected chi connectivity index (χ1v) is 7.97. The number of thiophene rings is 1. The molecule has 0 bridgehead atoms. The highest BCUT2D eigenvalue weighted by molar-refractivity contribution is 7.16. The summed E-state index contributed by atoms with van der Waals surface area (Å²) in [5.41, 5.74) is 2.18. The fraction of sp³-hybridized carbons (Fsp3) is 0.429. The molecule has 0 spiro atoms. The lowest BCUT2D eigenvalue weighted by atomic mass is 9.86. The summed E-state index contributed by atoms with van der Waals surface area (Å²) in [7, 11) is 0. The highest BCUT2D eigenvalue weighted by Gasteiger charge is 2.27. The number of aromatic amines is 1. The average molecular weight is 310 g/mol. The molecule has 0 aliphatic heterocycles. The molecule has 6 heteroatoms. The van der Waals surface area contributed by atoms with Crippen LogP contribution in [0.3, 0.4) is 0 Å². The number of hydrogen-bond donors (Lipinski definition) is 2. The van der Waals surface area contributed by atoms with Gasteiger partial charge in [0.05, 0.1) is 16.5 Å². The van der Waals surface area contributed by atoms with Crippen LogP contribution in [0.25, 0.3) is 0 Å². The van der Waals surface area contributed by atoms with Crippen molar-refractivity contribution in [1.29, 1.82) is 0 Å². The van der Waals surface area contributed by atoms with E-state index in [9.17, 15) is 4.79 Å². The van der Waals surface area contributed by atoms with E-state index in [1.807, 2.05) is 12.1 Å². The minimum absolute atomic E-state index is 0.0515. The van der Waals surface area contributed by atoms with Crippen molar-refractivity contribution in [3.63, 3.8) is 0 Å². The predicted molar refractivity (Wildman–Crippen MR) is 80.3 cm³/mol. The fourth-order valence-electron chi connectivity index (χ4n) is 2.65. The van der Waals surface area contributed by atoms with Crippen molar-refractivity contribution in [2.24, 2.45) is 0 Å². The van der Waals surface area contributed by atoms with Gasteiger partial charge < -0.3 is 5.32 Å². The van der Waals surface area contributed by atoms with Gasteiger partial charge in [-0.1, -0.05) is 11.6 Å². The quantitative estimate of drug-likeness (QED) is 0.912. The van der Waals surface area contributed by atoms with Crippen LogP contribution >= 0.6 is 22.9 Å². The van der Waals surface area contributed by atoms with Gasteiger partial charge in [0, 0.05) is 22.7 Å². The molecule has 0 saturated carbocycles. The van der Waals surface area contributed by atoms with Gasteiger partial charge in [-0.25, -0.2) is 0 Å². The Morgan fingerprint density at radius 1 is 1.55 bits per heavy atom. The zero-order valence-electron chi connectivity index (χ0n) is 11.0. The lowest BCUT2D eigenvalue weighted by Crippen LogP contribution is -2.32. The van der Waals surface area contributed by atoms with Gasteiger partial charge in [0.1, 0.15) is 0 Å². The maximum absolute atomic E-state index is 12.3. The third kappa shape index (κ3) is 2.88. The van der Waals surface area contributed by atoms with Crippen LogP contribution in [0.5, 0.6) is 0 Å². The zero-order valence-corrected chi connectivity index (χ0v) is 12.6. The molecule has 1 aliphatic carbocycles. The molecule has 0 saturated heterocycles. The standard InChI is InChI=1S/C14H16ClN3OS/c15-13-5-4-9(20-13)6-7-16-14(19)10-2-1-3-12-11(10)8-17-18-12/h4-5,8,10H,1-3,6-7H2,(H,16,19)(H,17,18). The number of amides is 1. The second kappa shape index (κ2) is 5.97. The summed E-state index contributed by atoms with van der Waals surface area (Å²) >= 11 is 7.45. The second-order valence-electron chi connectivity index (χ2n) is 5.00. The lowest BCUT2D eigenvalue weighted by Gasteiger charge is -2.21. The number of rotatable bonds is 4. The molecule has 0 fully saturated rings. The number of nitrogens with one attached hydrogen (secondary N) is 2. The topological polar surface area (TPSA) is 57.8 Å². The molecule has 1 aliphatic rings. The molecule has 2 aromatic heterocycles. The molecule has 2 aromatic rings. The molecule has 4 nitrogen and oxygen atoms in total. The minimum Gasteiger partial charge on any atom is -0.355 e. The number of aryl methyl sites for hydroxylation is 1. The van der Waals surface area contributed by atoms with Crippen molar-refractivity contribution < 1.29 is 4.79 Å². The predicted octanol–water partition coefficient (Wildman–Crippen LogP) is 2.90. The average Bonchev–Trinajstić information content (AvgIpc) is 3.06. The van der Waals surface area contributed by atoms with E-state index in [1.54, 1.807) is 17.5 Å². The van der Waals surface area contributed by atoms with Crippen LogP contribution in [0.2, 0.25) is 4.34 Å². The van der Waals surface area contributed by atoms with Crippen molar-refractivity contribution in [3.05, 3.63) is 38.8 Å². The normalized spacial score (nSPS) is 17.8. The molecule has 0 radical (unpaired) electrons. The maximum Gasteiger partial charge on any atom is 0.227 e. The largest absolute Gasteiger partial charge is 0.355 e. The SMILES string of the molecule is O=C(NCCc1ccc(Cl)s1)C1CCCc2[nH]ncc21. The van der Waals surface area contributed by atoms with Crippen molar-refractivity contribution in [3.8, 4) is 0 Å². The highest BCUT2D eigenvalue weighted by Crippen LogP contribution is 2.30. The van der Waals surface area contributed by atoms with Gasteiger partial charge in [-0.3, -0.25) is 9.89 Å². The number of H-pyrrole nitrogens is 1.